The van der Waals surface area contributed by atoms with Gasteiger partial charge >= 0.3 is 0 Å². The summed E-state index contributed by atoms with van der Waals surface area (Å²) < 4.78 is 14.6. The van der Waals surface area contributed by atoms with Crippen molar-refractivity contribution in [2.75, 3.05) is 23.3 Å². The molecule has 2 aromatic carbocycles. The van der Waals surface area contributed by atoms with Gasteiger partial charge in [0.1, 0.15) is 11.5 Å². The number of hydrogen-bond acceptors (Lipinski definition) is 3. The molecule has 5 heteroatoms. The molecule has 3 aromatic rings. The van der Waals surface area contributed by atoms with Gasteiger partial charge in [0.25, 0.3) is 5.91 Å². The zero-order valence-electron chi connectivity index (χ0n) is 15.6. The first kappa shape index (κ1) is 17.5. The maximum atomic E-state index is 14.6. The van der Waals surface area contributed by atoms with Crippen molar-refractivity contribution >= 4 is 28.2 Å². The standard InChI is InChI=1S/C22H22FN3O/c1-14-8-9-19-16(12-14)17(13-15(2)24-19)22(27)25-21-18(23)6-5-7-20(21)26-10-3-4-11-26/h5-9,12-13H,3-4,10-11H2,1-2H3,(H,25,27). The van der Waals surface area contributed by atoms with E-state index in [4.69, 9.17) is 0 Å². The number of para-hydroxylation sites is 1. The van der Waals surface area contributed by atoms with Crippen LogP contribution in [0.3, 0.4) is 0 Å². The van der Waals surface area contributed by atoms with E-state index in [-0.39, 0.29) is 11.6 Å². The number of benzene rings is 2. The first-order valence-electron chi connectivity index (χ1n) is 9.26. The molecule has 2 heterocycles. The molecule has 1 saturated heterocycles. The number of aromatic nitrogens is 1. The third-order valence-electron chi connectivity index (χ3n) is 5.01. The maximum absolute atomic E-state index is 14.6. The second-order valence-corrected chi connectivity index (χ2v) is 7.11. The van der Waals surface area contributed by atoms with Crippen molar-refractivity contribution in [3.63, 3.8) is 0 Å². The molecule has 1 aliphatic heterocycles. The molecule has 1 N–H and O–H groups in total. The average Bonchev–Trinajstić information content (AvgIpc) is 3.17. The number of anilines is 2. The van der Waals surface area contributed by atoms with E-state index in [1.807, 2.05) is 38.1 Å². The van der Waals surface area contributed by atoms with E-state index in [1.165, 1.54) is 6.07 Å². The summed E-state index contributed by atoms with van der Waals surface area (Å²) in [6.45, 7) is 5.59. The van der Waals surface area contributed by atoms with Crippen molar-refractivity contribution in [2.45, 2.75) is 26.7 Å². The van der Waals surface area contributed by atoms with Crippen LogP contribution in [0.5, 0.6) is 0 Å². The Balaban J connectivity index is 1.76. The number of carbonyl (C=O) groups is 1. The van der Waals surface area contributed by atoms with Crippen molar-refractivity contribution in [1.29, 1.82) is 0 Å². The Morgan fingerprint density at radius 2 is 1.89 bits per heavy atom. The lowest BCUT2D eigenvalue weighted by molar-refractivity contribution is 0.102. The van der Waals surface area contributed by atoms with Crippen LogP contribution in [0.25, 0.3) is 10.9 Å². The van der Waals surface area contributed by atoms with Gasteiger partial charge < -0.3 is 10.2 Å². The summed E-state index contributed by atoms with van der Waals surface area (Å²) in [5, 5.41) is 3.60. The number of halogens is 1. The van der Waals surface area contributed by atoms with Gasteiger partial charge in [-0.1, -0.05) is 17.7 Å². The van der Waals surface area contributed by atoms with E-state index in [9.17, 15) is 9.18 Å². The minimum absolute atomic E-state index is 0.250. The number of nitrogens with one attached hydrogen (secondary N) is 1. The first-order valence-corrected chi connectivity index (χ1v) is 9.26. The summed E-state index contributed by atoms with van der Waals surface area (Å²) in [7, 11) is 0. The number of nitrogens with zero attached hydrogens (tertiary/aromatic N) is 2. The highest BCUT2D eigenvalue weighted by molar-refractivity contribution is 6.13. The quantitative estimate of drug-likeness (QED) is 0.724. The van der Waals surface area contributed by atoms with Gasteiger partial charge in [0.05, 0.1) is 16.8 Å². The monoisotopic (exact) mass is 363 g/mol. The van der Waals surface area contributed by atoms with Crippen LogP contribution in [0.15, 0.2) is 42.5 Å². The molecule has 1 fully saturated rings. The second kappa shape index (κ2) is 6.99. The molecule has 1 aromatic heterocycles. The van der Waals surface area contributed by atoms with Crippen LogP contribution in [0.1, 0.15) is 34.5 Å². The zero-order valence-corrected chi connectivity index (χ0v) is 15.6. The number of rotatable bonds is 3. The van der Waals surface area contributed by atoms with Crippen molar-refractivity contribution in [1.82, 2.24) is 4.98 Å². The lowest BCUT2D eigenvalue weighted by atomic mass is 10.0. The van der Waals surface area contributed by atoms with Crippen LogP contribution in [0, 0.1) is 19.7 Å². The topological polar surface area (TPSA) is 45.2 Å². The fraction of sp³-hybridized carbons (Fsp3) is 0.273. The van der Waals surface area contributed by atoms with Crippen LogP contribution < -0.4 is 10.2 Å². The molecule has 0 spiro atoms. The van der Waals surface area contributed by atoms with E-state index in [0.29, 0.717) is 5.56 Å². The Morgan fingerprint density at radius 3 is 2.67 bits per heavy atom. The average molecular weight is 363 g/mol. The third kappa shape index (κ3) is 3.37. The highest BCUT2D eigenvalue weighted by atomic mass is 19.1. The molecule has 4 rings (SSSR count). The number of aryl methyl sites for hydroxylation is 2. The Hall–Kier alpha value is -2.95. The fourth-order valence-corrected chi connectivity index (χ4v) is 3.70. The lowest BCUT2D eigenvalue weighted by Crippen LogP contribution is -2.22. The summed E-state index contributed by atoms with van der Waals surface area (Å²) in [6, 6.07) is 12.5. The predicted molar refractivity (Wildman–Crippen MR) is 107 cm³/mol. The predicted octanol–water partition coefficient (Wildman–Crippen LogP) is 4.84. The number of pyridine rings is 1. The number of fused-ring (bicyclic) bond motifs is 1. The largest absolute Gasteiger partial charge is 0.370 e. The Kier molecular flexibility index (Phi) is 4.52. The van der Waals surface area contributed by atoms with Gasteiger partial charge in [-0.25, -0.2) is 4.39 Å². The van der Waals surface area contributed by atoms with Crippen molar-refractivity contribution in [3.05, 3.63) is 65.1 Å². The fourth-order valence-electron chi connectivity index (χ4n) is 3.70. The van der Waals surface area contributed by atoms with Crippen LogP contribution in [-0.4, -0.2) is 24.0 Å². The van der Waals surface area contributed by atoms with Gasteiger partial charge in [0.15, 0.2) is 0 Å². The number of amides is 1. The van der Waals surface area contributed by atoms with Gasteiger partial charge in [-0.3, -0.25) is 9.78 Å². The molecule has 1 aliphatic rings. The van der Waals surface area contributed by atoms with Crippen LogP contribution in [-0.2, 0) is 0 Å². The summed E-state index contributed by atoms with van der Waals surface area (Å²) in [5.74, 6) is -0.735. The van der Waals surface area contributed by atoms with Crippen molar-refractivity contribution in [2.24, 2.45) is 0 Å². The lowest BCUT2D eigenvalue weighted by Gasteiger charge is -2.22. The van der Waals surface area contributed by atoms with Gasteiger partial charge in [-0.05, 0) is 57.0 Å². The third-order valence-corrected chi connectivity index (χ3v) is 5.01. The molecule has 0 unspecified atom stereocenters. The molecule has 0 bridgehead atoms. The molecule has 4 nitrogen and oxygen atoms in total. The highest BCUT2D eigenvalue weighted by Gasteiger charge is 2.21. The molecule has 0 aliphatic carbocycles. The summed E-state index contributed by atoms with van der Waals surface area (Å²) in [4.78, 5) is 19.7. The van der Waals surface area contributed by atoms with E-state index in [2.05, 4.69) is 15.2 Å². The zero-order chi connectivity index (χ0) is 19.0. The van der Waals surface area contributed by atoms with Crippen LogP contribution in [0.4, 0.5) is 15.8 Å². The second-order valence-electron chi connectivity index (χ2n) is 7.11. The Bertz CT molecular complexity index is 1030. The van der Waals surface area contributed by atoms with E-state index in [1.54, 1.807) is 12.1 Å². The smallest absolute Gasteiger partial charge is 0.256 e. The summed E-state index contributed by atoms with van der Waals surface area (Å²) in [5.41, 5.74) is 4.07. The maximum Gasteiger partial charge on any atom is 0.256 e. The number of carbonyl (C=O) groups excluding carboxylic acids is 1. The van der Waals surface area contributed by atoms with E-state index >= 15 is 0 Å². The van der Waals surface area contributed by atoms with Crippen molar-refractivity contribution in [3.8, 4) is 0 Å². The minimum atomic E-state index is -0.418. The SMILES string of the molecule is Cc1ccc2nc(C)cc(C(=O)Nc3c(F)cccc3N3CCCC3)c2c1. The summed E-state index contributed by atoms with van der Waals surface area (Å²) in [6.07, 6.45) is 2.16. The molecule has 1 amide bonds. The van der Waals surface area contributed by atoms with Crippen LogP contribution in [0.2, 0.25) is 0 Å². The molecular weight excluding hydrogens is 341 g/mol. The Morgan fingerprint density at radius 1 is 1.11 bits per heavy atom. The first-order chi connectivity index (χ1) is 13.0. The molecule has 0 saturated carbocycles. The molecule has 0 radical (unpaired) electrons. The minimum Gasteiger partial charge on any atom is -0.370 e. The summed E-state index contributed by atoms with van der Waals surface area (Å²) >= 11 is 0. The molecule has 138 valence electrons. The number of hydrogen-bond donors (Lipinski definition) is 1. The normalized spacial score (nSPS) is 14.0. The van der Waals surface area contributed by atoms with Gasteiger partial charge in [0.2, 0.25) is 0 Å². The molecule has 0 atom stereocenters. The Labute approximate surface area is 158 Å². The van der Waals surface area contributed by atoms with Gasteiger partial charge in [-0.2, -0.15) is 0 Å². The van der Waals surface area contributed by atoms with Crippen molar-refractivity contribution < 1.29 is 9.18 Å². The van der Waals surface area contributed by atoms with E-state index in [0.717, 1.165) is 53.8 Å². The van der Waals surface area contributed by atoms with Crippen LogP contribution >= 0.6 is 0 Å². The van der Waals surface area contributed by atoms with Gasteiger partial charge in [-0.15, -0.1) is 0 Å². The van der Waals surface area contributed by atoms with Gasteiger partial charge in [0, 0.05) is 24.2 Å². The molecular formula is C22H22FN3O. The molecule has 27 heavy (non-hydrogen) atoms. The van der Waals surface area contributed by atoms with E-state index < -0.39 is 5.82 Å². The highest BCUT2D eigenvalue weighted by Crippen LogP contribution is 2.32.